The molecule has 0 aliphatic rings. The summed E-state index contributed by atoms with van der Waals surface area (Å²) < 4.78 is 24.6. The highest BCUT2D eigenvalue weighted by Gasteiger charge is 2.14. The molecule has 0 aliphatic heterocycles. The first-order valence-electron chi connectivity index (χ1n) is 3.81. The summed E-state index contributed by atoms with van der Waals surface area (Å²) in [5.41, 5.74) is 0.465. The zero-order chi connectivity index (χ0) is 10.8. The van der Waals surface area contributed by atoms with Gasteiger partial charge < -0.3 is 0 Å². The molecule has 0 fully saturated rings. The van der Waals surface area contributed by atoms with E-state index in [-0.39, 0.29) is 4.90 Å². The molecule has 0 saturated heterocycles. The summed E-state index contributed by atoms with van der Waals surface area (Å²) in [6.45, 7) is 1.13. The Labute approximate surface area is 83.8 Å². The van der Waals surface area contributed by atoms with Crippen molar-refractivity contribution in [3.05, 3.63) is 24.3 Å². The van der Waals surface area contributed by atoms with Gasteiger partial charge in [0.05, 0.1) is 4.90 Å². The normalized spacial score (nSPS) is 10.9. The maximum atomic E-state index is 11.4. The molecule has 0 spiro atoms. The smallest absolute Gasteiger partial charge is 0.264 e. The van der Waals surface area contributed by atoms with Crippen molar-refractivity contribution >= 4 is 29.2 Å². The third-order valence-corrected chi connectivity index (χ3v) is 2.92. The average molecular weight is 209 g/mol. The number of amides is 1. The van der Waals surface area contributed by atoms with Crippen LogP contribution in [0.25, 0.3) is 0 Å². The molecule has 1 aromatic carbocycles. The van der Waals surface area contributed by atoms with Crippen molar-refractivity contribution in [2.75, 3.05) is 0 Å². The van der Waals surface area contributed by atoms with Crippen LogP contribution in [0.1, 0.15) is 6.92 Å². The summed E-state index contributed by atoms with van der Waals surface area (Å²) in [5, 5.41) is 0. The molecular formula is C8H8BNO3S. The summed E-state index contributed by atoms with van der Waals surface area (Å²) in [6, 6.07) is 5.57. The SMILES string of the molecule is [B]c1ccc(S(=O)(=O)NC(C)=O)cc1. The number of carbonyl (C=O) groups is 1. The van der Waals surface area contributed by atoms with Crippen LogP contribution in [0.2, 0.25) is 0 Å². The molecule has 1 N–H and O–H groups in total. The first kappa shape index (κ1) is 10.8. The van der Waals surface area contributed by atoms with Gasteiger partial charge in [0.1, 0.15) is 7.85 Å². The summed E-state index contributed by atoms with van der Waals surface area (Å²) in [7, 11) is 1.66. The van der Waals surface area contributed by atoms with E-state index in [9.17, 15) is 13.2 Å². The van der Waals surface area contributed by atoms with E-state index < -0.39 is 15.9 Å². The summed E-state index contributed by atoms with van der Waals surface area (Å²) in [5.74, 6) is -0.623. The van der Waals surface area contributed by atoms with E-state index in [1.165, 1.54) is 24.3 Å². The van der Waals surface area contributed by atoms with E-state index in [0.717, 1.165) is 6.92 Å². The summed E-state index contributed by atoms with van der Waals surface area (Å²) in [6.07, 6.45) is 0. The highest BCUT2D eigenvalue weighted by Crippen LogP contribution is 2.05. The third kappa shape index (κ3) is 2.60. The van der Waals surface area contributed by atoms with Gasteiger partial charge in [-0.25, -0.2) is 13.1 Å². The Morgan fingerprint density at radius 2 is 1.79 bits per heavy atom. The van der Waals surface area contributed by atoms with E-state index in [0.29, 0.717) is 5.46 Å². The molecular weight excluding hydrogens is 201 g/mol. The van der Waals surface area contributed by atoms with Crippen molar-refractivity contribution in [3.8, 4) is 0 Å². The molecule has 6 heteroatoms. The van der Waals surface area contributed by atoms with Crippen LogP contribution in [0, 0.1) is 0 Å². The third-order valence-electron chi connectivity index (χ3n) is 1.47. The van der Waals surface area contributed by atoms with Crippen molar-refractivity contribution in [2.24, 2.45) is 0 Å². The molecule has 0 heterocycles. The number of benzene rings is 1. The molecule has 0 saturated carbocycles. The van der Waals surface area contributed by atoms with Crippen LogP contribution < -0.4 is 10.2 Å². The molecule has 0 bridgehead atoms. The van der Waals surface area contributed by atoms with Gasteiger partial charge in [0, 0.05) is 6.92 Å². The first-order chi connectivity index (χ1) is 6.42. The Kier molecular flexibility index (Phi) is 2.95. The Morgan fingerprint density at radius 1 is 1.29 bits per heavy atom. The second-order valence-corrected chi connectivity index (χ2v) is 4.41. The van der Waals surface area contributed by atoms with Gasteiger partial charge in [-0.3, -0.25) is 4.79 Å². The van der Waals surface area contributed by atoms with Crippen molar-refractivity contribution in [2.45, 2.75) is 11.8 Å². The fourth-order valence-electron chi connectivity index (χ4n) is 0.895. The molecule has 2 radical (unpaired) electrons. The monoisotopic (exact) mass is 209 g/mol. The first-order valence-corrected chi connectivity index (χ1v) is 5.29. The van der Waals surface area contributed by atoms with Gasteiger partial charge in [-0.15, -0.1) is 0 Å². The van der Waals surface area contributed by atoms with Crippen LogP contribution in [0.5, 0.6) is 0 Å². The van der Waals surface area contributed by atoms with Gasteiger partial charge in [0.25, 0.3) is 10.0 Å². The number of nitrogens with one attached hydrogen (secondary N) is 1. The quantitative estimate of drug-likeness (QED) is 0.655. The van der Waals surface area contributed by atoms with Gasteiger partial charge in [-0.05, 0) is 12.1 Å². The van der Waals surface area contributed by atoms with Crippen LogP contribution in [-0.2, 0) is 14.8 Å². The van der Waals surface area contributed by atoms with Crippen LogP contribution >= 0.6 is 0 Å². The minimum Gasteiger partial charge on any atom is -0.274 e. The van der Waals surface area contributed by atoms with Gasteiger partial charge >= 0.3 is 0 Å². The predicted octanol–water partition coefficient (Wildman–Crippen LogP) is -0.695. The maximum absolute atomic E-state index is 11.4. The van der Waals surface area contributed by atoms with Gasteiger partial charge in [-0.1, -0.05) is 17.6 Å². The largest absolute Gasteiger partial charge is 0.274 e. The number of carbonyl (C=O) groups excluding carboxylic acids is 1. The standard InChI is InChI=1S/C8H8BNO3S/c1-6(11)10-14(12,13)8-4-2-7(9)3-5-8/h2-5H,1H3,(H,10,11). The van der Waals surface area contributed by atoms with Crippen molar-refractivity contribution in [1.29, 1.82) is 0 Å². The lowest BCUT2D eigenvalue weighted by molar-refractivity contribution is -0.117. The molecule has 4 nitrogen and oxygen atoms in total. The van der Waals surface area contributed by atoms with Crippen LogP contribution in [0.15, 0.2) is 29.2 Å². The second kappa shape index (κ2) is 3.83. The van der Waals surface area contributed by atoms with Crippen LogP contribution in [-0.4, -0.2) is 22.2 Å². The van der Waals surface area contributed by atoms with Crippen molar-refractivity contribution in [3.63, 3.8) is 0 Å². The minimum atomic E-state index is -3.73. The topological polar surface area (TPSA) is 63.2 Å². The number of rotatable bonds is 2. The van der Waals surface area contributed by atoms with E-state index in [4.69, 9.17) is 7.85 Å². The molecule has 1 amide bonds. The second-order valence-electron chi connectivity index (χ2n) is 2.73. The van der Waals surface area contributed by atoms with Crippen LogP contribution in [0.3, 0.4) is 0 Å². The lowest BCUT2D eigenvalue weighted by Gasteiger charge is -2.04. The zero-order valence-corrected chi connectivity index (χ0v) is 8.34. The Bertz CT molecular complexity index is 438. The van der Waals surface area contributed by atoms with Crippen molar-refractivity contribution in [1.82, 2.24) is 4.72 Å². The fraction of sp³-hybridized carbons (Fsp3) is 0.125. The Balaban J connectivity index is 3.05. The number of hydrogen-bond acceptors (Lipinski definition) is 3. The molecule has 0 unspecified atom stereocenters. The molecule has 0 atom stereocenters. The van der Waals surface area contributed by atoms with Gasteiger partial charge in [-0.2, -0.15) is 0 Å². The highest BCUT2D eigenvalue weighted by atomic mass is 32.2. The highest BCUT2D eigenvalue weighted by molar-refractivity contribution is 7.90. The van der Waals surface area contributed by atoms with E-state index in [1.807, 2.05) is 4.72 Å². The molecule has 0 aromatic heterocycles. The van der Waals surface area contributed by atoms with E-state index in [2.05, 4.69) is 0 Å². The summed E-state index contributed by atoms with van der Waals surface area (Å²) >= 11 is 0. The Morgan fingerprint density at radius 3 is 2.21 bits per heavy atom. The maximum Gasteiger partial charge on any atom is 0.264 e. The zero-order valence-electron chi connectivity index (χ0n) is 7.52. The van der Waals surface area contributed by atoms with Crippen LogP contribution in [0.4, 0.5) is 0 Å². The molecule has 1 aromatic rings. The van der Waals surface area contributed by atoms with E-state index in [1.54, 1.807) is 0 Å². The fourth-order valence-corrected chi connectivity index (χ4v) is 1.89. The lowest BCUT2D eigenvalue weighted by atomic mass is 9.97. The number of hydrogen-bond donors (Lipinski definition) is 1. The Hall–Kier alpha value is -1.30. The van der Waals surface area contributed by atoms with Gasteiger partial charge in [0.2, 0.25) is 5.91 Å². The molecule has 72 valence electrons. The average Bonchev–Trinajstić information content (AvgIpc) is 2.02. The summed E-state index contributed by atoms with van der Waals surface area (Å²) in [4.78, 5) is 10.6. The minimum absolute atomic E-state index is 0.0156. The molecule has 14 heavy (non-hydrogen) atoms. The number of sulfonamides is 1. The van der Waals surface area contributed by atoms with Crippen molar-refractivity contribution < 1.29 is 13.2 Å². The van der Waals surface area contributed by atoms with Gasteiger partial charge in [0.15, 0.2) is 0 Å². The predicted molar refractivity (Wildman–Crippen MR) is 52.8 cm³/mol. The molecule has 1 rings (SSSR count). The van der Waals surface area contributed by atoms with E-state index >= 15 is 0 Å². The lowest BCUT2D eigenvalue weighted by Crippen LogP contribution is -2.28. The molecule has 0 aliphatic carbocycles.